The van der Waals surface area contributed by atoms with E-state index in [2.05, 4.69) is 10.6 Å². The van der Waals surface area contributed by atoms with Crippen LogP contribution in [0.4, 0.5) is 21.0 Å². The van der Waals surface area contributed by atoms with Gasteiger partial charge in [0.05, 0.1) is 11.8 Å². The number of anilines is 2. The van der Waals surface area contributed by atoms with Crippen LogP contribution in [0.1, 0.15) is 11.1 Å². The van der Waals surface area contributed by atoms with E-state index >= 15 is 0 Å². The average molecular weight is 411 g/mol. The van der Waals surface area contributed by atoms with Crippen LogP contribution in [0.5, 0.6) is 0 Å². The van der Waals surface area contributed by atoms with E-state index in [1.165, 1.54) is 0 Å². The number of amides is 2. The van der Waals surface area contributed by atoms with Gasteiger partial charge in [0, 0.05) is 11.4 Å². The molecule has 0 aliphatic heterocycles. The predicted molar refractivity (Wildman–Crippen MR) is 107 cm³/mol. The third kappa shape index (κ3) is 7.76. The molecule has 0 heterocycles. The number of carbonyl (C=O) groups excluding carboxylic acids is 2. The Bertz CT molecular complexity index is 673. The molecular formula is C19H20Cl2N2O4. The molecule has 0 saturated carbocycles. The molecule has 144 valence electrons. The van der Waals surface area contributed by atoms with E-state index in [1.54, 1.807) is 24.3 Å². The monoisotopic (exact) mass is 410 g/mol. The lowest BCUT2D eigenvalue weighted by Crippen LogP contribution is -2.14. The molecule has 0 fully saturated rings. The molecule has 0 atom stereocenters. The topological polar surface area (TPSA) is 76.7 Å². The van der Waals surface area contributed by atoms with Crippen molar-refractivity contribution in [3.05, 3.63) is 59.7 Å². The molecule has 0 radical (unpaired) electrons. The molecule has 2 N–H and O–H groups in total. The maximum atomic E-state index is 11.5. The fourth-order valence-electron chi connectivity index (χ4n) is 2.22. The lowest BCUT2D eigenvalue weighted by molar-refractivity contribution is 0.167. The molecule has 0 aliphatic rings. The van der Waals surface area contributed by atoms with Gasteiger partial charge in [-0.05, 0) is 41.8 Å². The van der Waals surface area contributed by atoms with E-state index in [-0.39, 0.29) is 25.0 Å². The van der Waals surface area contributed by atoms with Crippen molar-refractivity contribution in [2.75, 3.05) is 35.6 Å². The summed E-state index contributed by atoms with van der Waals surface area (Å²) in [5, 5.41) is 5.26. The number of benzene rings is 2. The first-order chi connectivity index (χ1) is 13.1. The zero-order chi connectivity index (χ0) is 19.5. The Labute approximate surface area is 167 Å². The normalized spacial score (nSPS) is 10.1. The molecule has 0 saturated heterocycles. The number of halogens is 2. The summed E-state index contributed by atoms with van der Waals surface area (Å²) in [7, 11) is 0. The molecule has 8 heteroatoms. The second-order valence-electron chi connectivity index (χ2n) is 5.47. The Morgan fingerprint density at radius 2 is 1.07 bits per heavy atom. The smallest absolute Gasteiger partial charge is 0.411 e. The number of carbonyl (C=O) groups is 2. The van der Waals surface area contributed by atoms with Gasteiger partial charge in [0.2, 0.25) is 0 Å². The minimum absolute atomic E-state index is 0.167. The van der Waals surface area contributed by atoms with Crippen LogP contribution in [0.25, 0.3) is 0 Å². The Kier molecular flexibility index (Phi) is 8.74. The molecule has 0 unspecified atom stereocenters. The highest BCUT2D eigenvalue weighted by molar-refractivity contribution is 6.18. The minimum Gasteiger partial charge on any atom is -0.448 e. The minimum atomic E-state index is -0.531. The van der Waals surface area contributed by atoms with Crippen molar-refractivity contribution in [2.45, 2.75) is 6.42 Å². The van der Waals surface area contributed by atoms with Crippen LogP contribution >= 0.6 is 23.2 Å². The summed E-state index contributed by atoms with van der Waals surface area (Å²) in [5.74, 6) is 0.518. The van der Waals surface area contributed by atoms with E-state index in [0.717, 1.165) is 11.1 Å². The highest BCUT2D eigenvalue weighted by Gasteiger charge is 2.05. The number of hydrogen-bond donors (Lipinski definition) is 2. The lowest BCUT2D eigenvalue weighted by atomic mass is 10.0. The largest absolute Gasteiger partial charge is 0.448 e. The highest BCUT2D eigenvalue weighted by atomic mass is 35.5. The van der Waals surface area contributed by atoms with E-state index in [9.17, 15) is 9.59 Å². The summed E-state index contributed by atoms with van der Waals surface area (Å²) < 4.78 is 9.71. The van der Waals surface area contributed by atoms with Gasteiger partial charge in [0.25, 0.3) is 0 Å². The standard InChI is InChI=1S/C19H20Cl2N2O4/c20-9-11-26-18(24)22-16-5-1-14(2-6-16)13-15-3-7-17(8-4-15)23-19(25)27-12-10-21/h1-8H,9-13H2,(H,22,24)(H,23,25). The van der Waals surface area contributed by atoms with Gasteiger partial charge in [-0.15, -0.1) is 23.2 Å². The molecule has 2 rings (SSSR count). The summed E-state index contributed by atoms with van der Waals surface area (Å²) >= 11 is 10.9. The number of alkyl halides is 2. The first-order valence-corrected chi connectivity index (χ1v) is 9.35. The zero-order valence-electron chi connectivity index (χ0n) is 14.5. The van der Waals surface area contributed by atoms with Crippen molar-refractivity contribution < 1.29 is 19.1 Å². The number of rotatable bonds is 8. The fraction of sp³-hybridized carbons (Fsp3) is 0.263. The van der Waals surface area contributed by atoms with Gasteiger partial charge in [-0.25, -0.2) is 9.59 Å². The summed E-state index contributed by atoms with van der Waals surface area (Å²) in [6, 6.07) is 14.9. The van der Waals surface area contributed by atoms with Gasteiger partial charge in [-0.2, -0.15) is 0 Å². The maximum absolute atomic E-state index is 11.5. The Morgan fingerprint density at radius 1 is 0.704 bits per heavy atom. The molecule has 0 aliphatic carbocycles. The molecular weight excluding hydrogens is 391 g/mol. The predicted octanol–water partition coefficient (Wildman–Crippen LogP) is 4.85. The van der Waals surface area contributed by atoms with Crippen molar-refractivity contribution in [1.29, 1.82) is 0 Å². The molecule has 27 heavy (non-hydrogen) atoms. The summed E-state index contributed by atoms with van der Waals surface area (Å²) in [5.41, 5.74) is 3.45. The molecule has 2 amide bonds. The van der Waals surface area contributed by atoms with Gasteiger partial charge in [-0.1, -0.05) is 24.3 Å². The zero-order valence-corrected chi connectivity index (χ0v) is 16.1. The number of ether oxygens (including phenoxy) is 2. The average Bonchev–Trinajstić information content (AvgIpc) is 2.68. The van der Waals surface area contributed by atoms with Crippen LogP contribution in [0.15, 0.2) is 48.5 Å². The van der Waals surface area contributed by atoms with Crippen LogP contribution in [0, 0.1) is 0 Å². The summed E-state index contributed by atoms with van der Waals surface area (Å²) in [4.78, 5) is 23.0. The third-order valence-electron chi connectivity index (χ3n) is 3.43. The van der Waals surface area contributed by atoms with Crippen LogP contribution in [-0.2, 0) is 15.9 Å². The summed E-state index contributed by atoms with van der Waals surface area (Å²) in [6.07, 6.45) is -0.347. The molecule has 0 aromatic heterocycles. The first kappa shape index (κ1) is 20.9. The van der Waals surface area contributed by atoms with E-state index < -0.39 is 12.2 Å². The molecule has 2 aromatic rings. The maximum Gasteiger partial charge on any atom is 0.411 e. The highest BCUT2D eigenvalue weighted by Crippen LogP contribution is 2.16. The van der Waals surface area contributed by atoms with Crippen molar-refractivity contribution in [1.82, 2.24) is 0 Å². The lowest BCUT2D eigenvalue weighted by Gasteiger charge is -2.08. The van der Waals surface area contributed by atoms with E-state index in [1.807, 2.05) is 24.3 Å². The van der Waals surface area contributed by atoms with E-state index in [4.69, 9.17) is 32.7 Å². The molecule has 0 bridgehead atoms. The van der Waals surface area contributed by atoms with Crippen LogP contribution in [0.2, 0.25) is 0 Å². The van der Waals surface area contributed by atoms with E-state index in [0.29, 0.717) is 17.8 Å². The van der Waals surface area contributed by atoms with Crippen molar-refractivity contribution in [2.24, 2.45) is 0 Å². The van der Waals surface area contributed by atoms with Crippen molar-refractivity contribution in [3.8, 4) is 0 Å². The fourth-order valence-corrected chi connectivity index (χ4v) is 2.37. The Balaban J connectivity index is 1.86. The molecule has 0 spiro atoms. The second-order valence-corrected chi connectivity index (χ2v) is 6.23. The first-order valence-electron chi connectivity index (χ1n) is 8.28. The number of nitrogens with one attached hydrogen (secondary N) is 2. The Morgan fingerprint density at radius 3 is 1.41 bits per heavy atom. The SMILES string of the molecule is O=C(Nc1ccc(Cc2ccc(NC(=O)OCCCl)cc2)cc1)OCCCl. The van der Waals surface area contributed by atoms with Crippen LogP contribution in [0.3, 0.4) is 0 Å². The van der Waals surface area contributed by atoms with Gasteiger partial charge >= 0.3 is 12.2 Å². The van der Waals surface area contributed by atoms with Gasteiger partial charge in [0.1, 0.15) is 13.2 Å². The van der Waals surface area contributed by atoms with Gasteiger partial charge < -0.3 is 9.47 Å². The van der Waals surface area contributed by atoms with Crippen molar-refractivity contribution >= 4 is 46.8 Å². The van der Waals surface area contributed by atoms with Crippen molar-refractivity contribution in [3.63, 3.8) is 0 Å². The summed E-state index contributed by atoms with van der Waals surface area (Å²) in [6.45, 7) is 0.335. The third-order valence-corrected chi connectivity index (χ3v) is 3.74. The van der Waals surface area contributed by atoms with Gasteiger partial charge in [0.15, 0.2) is 0 Å². The number of hydrogen-bond acceptors (Lipinski definition) is 4. The molecule has 2 aromatic carbocycles. The van der Waals surface area contributed by atoms with Crippen LogP contribution < -0.4 is 10.6 Å². The molecule has 6 nitrogen and oxygen atoms in total. The Hall–Kier alpha value is -2.44. The van der Waals surface area contributed by atoms with Gasteiger partial charge in [-0.3, -0.25) is 10.6 Å². The second kappa shape index (κ2) is 11.3. The van der Waals surface area contributed by atoms with Crippen LogP contribution in [-0.4, -0.2) is 37.2 Å². The quantitative estimate of drug-likeness (QED) is 0.609.